The molecule has 0 bridgehead atoms. The van der Waals surface area contributed by atoms with Crippen LogP contribution in [0.25, 0.3) is 0 Å². The van der Waals surface area contributed by atoms with Crippen LogP contribution in [0.4, 0.5) is 11.6 Å². The highest BCUT2D eigenvalue weighted by Crippen LogP contribution is 2.12. The first-order valence-electron chi connectivity index (χ1n) is 9.63. The molecule has 1 amide bonds. The van der Waals surface area contributed by atoms with Crippen molar-refractivity contribution in [2.45, 2.75) is 0 Å². The quantitative estimate of drug-likeness (QED) is 0.183. The molecule has 0 saturated heterocycles. The van der Waals surface area contributed by atoms with E-state index in [9.17, 15) is 9.59 Å². The summed E-state index contributed by atoms with van der Waals surface area (Å²) in [5, 5.41) is 11.2. The lowest BCUT2D eigenvalue weighted by molar-refractivity contribution is 0.0696. The largest absolute Gasteiger partial charge is 0.478 e. The zero-order chi connectivity index (χ0) is 26.1. The molecule has 7 nitrogen and oxygen atoms in total. The summed E-state index contributed by atoms with van der Waals surface area (Å²) in [4.78, 5) is 29.8. The molecule has 0 aliphatic rings. The summed E-state index contributed by atoms with van der Waals surface area (Å²) in [6.45, 7) is 0. The van der Waals surface area contributed by atoms with Crippen molar-refractivity contribution < 1.29 is 14.7 Å². The van der Waals surface area contributed by atoms with Gasteiger partial charge >= 0.3 is 5.97 Å². The fourth-order valence-corrected chi connectivity index (χ4v) is 2.72. The van der Waals surface area contributed by atoms with E-state index in [1.165, 1.54) is 0 Å². The van der Waals surface area contributed by atoms with Gasteiger partial charge in [-0.1, -0.05) is 44.0 Å². The molecule has 0 saturated carbocycles. The Bertz CT molecular complexity index is 1150. The number of nitrogens with two attached hydrogens (primary N) is 1. The van der Waals surface area contributed by atoms with Gasteiger partial charge < -0.3 is 16.2 Å². The maximum absolute atomic E-state index is 11.8. The number of aromatic nitrogens is 2. The molecule has 0 spiro atoms. The summed E-state index contributed by atoms with van der Waals surface area (Å²) in [6.07, 6.45) is 3.30. The summed E-state index contributed by atoms with van der Waals surface area (Å²) in [5.74, 6) is 0.0663. The Labute approximate surface area is 243 Å². The van der Waals surface area contributed by atoms with Gasteiger partial charge in [0.1, 0.15) is 11.6 Å². The first-order valence-corrected chi connectivity index (χ1v) is 17.5. The number of hydrogen-bond acceptors (Lipinski definition) is 5. The Morgan fingerprint density at radius 1 is 0.743 bits per heavy atom. The number of anilines is 2. The second-order valence-corrected chi connectivity index (χ2v) is 8.07. The maximum Gasteiger partial charge on any atom is 0.335 e. The molecule has 11 heteroatoms. The van der Waals surface area contributed by atoms with Crippen molar-refractivity contribution in [1.82, 2.24) is 9.97 Å². The van der Waals surface area contributed by atoms with Gasteiger partial charge in [-0.3, -0.25) is 4.79 Å². The van der Waals surface area contributed by atoms with E-state index < -0.39 is 5.97 Å². The van der Waals surface area contributed by atoms with Crippen molar-refractivity contribution >= 4 is 92.6 Å². The number of carbonyl (C=O) groups is 2. The normalized spacial score (nSPS) is 9.03. The Balaban J connectivity index is 0.000000276. The molecular weight excluding hydrogens is 806 g/mol. The standard InChI is InChI=1S/C12H9BrN2O.C7H5BrO2.C5H6N2.I2/c13-10-6-4-9(5-7-10)12(16)15-11-3-1-2-8-14-11;8-6-3-1-5(2-4-6)7(9)10;6-5-3-1-2-4-7-5;1-2/h1-8H,(H,14,15,16);1-4H,(H,9,10);1-4H,(H2,6,7);. The van der Waals surface area contributed by atoms with E-state index >= 15 is 0 Å². The number of benzene rings is 2. The van der Waals surface area contributed by atoms with Gasteiger partial charge in [-0.2, -0.15) is 0 Å². The topological polar surface area (TPSA) is 118 Å². The molecule has 182 valence electrons. The van der Waals surface area contributed by atoms with E-state index in [0.29, 0.717) is 22.8 Å². The zero-order valence-corrected chi connectivity index (χ0v) is 25.5. The number of nitrogens with one attached hydrogen (secondary N) is 1. The molecule has 4 rings (SSSR count). The zero-order valence-electron chi connectivity index (χ0n) is 18.0. The number of halogens is 4. The minimum absolute atomic E-state index is 0.161. The van der Waals surface area contributed by atoms with Crippen molar-refractivity contribution in [3.8, 4) is 0 Å². The van der Waals surface area contributed by atoms with Crippen LogP contribution < -0.4 is 11.1 Å². The van der Waals surface area contributed by atoms with E-state index in [2.05, 4.69) is 84.4 Å². The molecule has 0 fully saturated rings. The van der Waals surface area contributed by atoms with Gasteiger partial charge in [-0.25, -0.2) is 14.8 Å². The Morgan fingerprint density at radius 2 is 1.23 bits per heavy atom. The van der Waals surface area contributed by atoms with Gasteiger partial charge in [0.2, 0.25) is 0 Å². The van der Waals surface area contributed by atoms with Crippen LogP contribution in [0.5, 0.6) is 0 Å². The summed E-state index contributed by atoms with van der Waals surface area (Å²) in [6, 6.07) is 24.5. The second kappa shape index (κ2) is 18.2. The molecule has 0 radical (unpaired) electrons. The molecule has 0 aliphatic carbocycles. The predicted octanol–water partition coefficient (Wildman–Crippen LogP) is 7.68. The predicted molar refractivity (Wildman–Crippen MR) is 164 cm³/mol. The van der Waals surface area contributed by atoms with Gasteiger partial charge in [-0.15, -0.1) is 0 Å². The lowest BCUT2D eigenvalue weighted by Crippen LogP contribution is -2.12. The van der Waals surface area contributed by atoms with Gasteiger partial charge in [0.15, 0.2) is 0 Å². The minimum atomic E-state index is -0.896. The number of rotatable bonds is 3. The molecule has 4 N–H and O–H groups in total. The van der Waals surface area contributed by atoms with Crippen molar-refractivity contribution in [3.63, 3.8) is 0 Å². The summed E-state index contributed by atoms with van der Waals surface area (Å²) in [5.41, 5.74) is 6.16. The molecule has 0 aliphatic heterocycles. The summed E-state index contributed by atoms with van der Waals surface area (Å²) in [7, 11) is 0. The average Bonchev–Trinajstić information content (AvgIpc) is 2.88. The number of amides is 1. The number of pyridine rings is 2. The first-order chi connectivity index (χ1) is 16.8. The fraction of sp³-hybridized carbons (Fsp3) is 0. The summed E-state index contributed by atoms with van der Waals surface area (Å²) >= 11 is 10.8. The maximum atomic E-state index is 11.8. The Hall–Kier alpha value is -2.10. The van der Waals surface area contributed by atoms with Crippen LogP contribution in [0.3, 0.4) is 0 Å². The second-order valence-electron chi connectivity index (χ2n) is 6.24. The van der Waals surface area contributed by atoms with Crippen LogP contribution in [0, 0.1) is 0 Å². The SMILES string of the molecule is II.Nc1ccccn1.O=C(Nc1ccccn1)c1ccc(Br)cc1.O=C(O)c1ccc(Br)cc1. The molecule has 2 aromatic heterocycles. The fourth-order valence-electron chi connectivity index (χ4n) is 2.19. The molecule has 0 unspecified atom stereocenters. The molecule has 2 aromatic carbocycles. The van der Waals surface area contributed by atoms with Gasteiger partial charge in [-0.05, 0) is 72.8 Å². The van der Waals surface area contributed by atoms with Crippen molar-refractivity contribution in [2.24, 2.45) is 0 Å². The van der Waals surface area contributed by atoms with E-state index in [0.717, 1.165) is 8.95 Å². The van der Waals surface area contributed by atoms with Crippen LogP contribution in [0.1, 0.15) is 20.7 Å². The van der Waals surface area contributed by atoms with Crippen LogP contribution in [-0.4, -0.2) is 27.0 Å². The molecule has 4 aromatic rings. The lowest BCUT2D eigenvalue weighted by Gasteiger charge is -2.03. The van der Waals surface area contributed by atoms with Gasteiger partial charge in [0, 0.05) is 64.1 Å². The monoisotopic (exact) mass is 824 g/mol. The number of nitrogen functional groups attached to an aromatic ring is 1. The third-order valence-electron chi connectivity index (χ3n) is 3.79. The number of carbonyl (C=O) groups excluding carboxylic acids is 1. The first kappa shape index (κ1) is 30.9. The molecule has 2 heterocycles. The molecular formula is C24H20Br2I2N4O3. The summed E-state index contributed by atoms with van der Waals surface area (Å²) < 4.78 is 1.83. The number of aromatic carboxylic acids is 1. The molecule has 35 heavy (non-hydrogen) atoms. The van der Waals surface area contributed by atoms with Crippen LogP contribution in [0.2, 0.25) is 0 Å². The lowest BCUT2D eigenvalue weighted by atomic mass is 10.2. The highest BCUT2D eigenvalue weighted by atomic mass is 128. The van der Waals surface area contributed by atoms with Crippen LogP contribution >= 0.6 is 69.1 Å². The minimum Gasteiger partial charge on any atom is -0.478 e. The average molecular weight is 826 g/mol. The van der Waals surface area contributed by atoms with E-state index in [1.54, 1.807) is 67.0 Å². The van der Waals surface area contributed by atoms with Gasteiger partial charge in [0.05, 0.1) is 5.56 Å². The number of hydrogen-bond donors (Lipinski definition) is 3. The smallest absolute Gasteiger partial charge is 0.335 e. The number of carboxylic acids is 1. The van der Waals surface area contributed by atoms with Crippen LogP contribution in [-0.2, 0) is 0 Å². The number of carboxylic acid groups (broad SMARTS) is 1. The third kappa shape index (κ3) is 13.5. The van der Waals surface area contributed by atoms with Gasteiger partial charge in [0.25, 0.3) is 5.91 Å². The van der Waals surface area contributed by atoms with E-state index in [4.69, 9.17) is 10.8 Å². The Morgan fingerprint density at radius 3 is 1.60 bits per heavy atom. The van der Waals surface area contributed by atoms with Crippen molar-refractivity contribution in [1.29, 1.82) is 0 Å². The highest BCUT2D eigenvalue weighted by molar-refractivity contribution is 15.0. The molecule has 0 atom stereocenters. The van der Waals surface area contributed by atoms with Crippen molar-refractivity contribution in [2.75, 3.05) is 11.1 Å². The highest BCUT2D eigenvalue weighted by Gasteiger charge is 2.05. The van der Waals surface area contributed by atoms with Crippen LogP contribution in [0.15, 0.2) is 106 Å². The Kier molecular flexibility index (Phi) is 16.1. The van der Waals surface area contributed by atoms with E-state index in [-0.39, 0.29) is 5.91 Å². The third-order valence-corrected chi connectivity index (χ3v) is 4.85. The van der Waals surface area contributed by atoms with E-state index in [1.807, 2.05) is 30.3 Å². The van der Waals surface area contributed by atoms with Crippen molar-refractivity contribution in [3.05, 3.63) is 117 Å². The number of nitrogens with zero attached hydrogens (tertiary/aromatic N) is 2.